The van der Waals surface area contributed by atoms with E-state index in [0.29, 0.717) is 0 Å². The molecule has 0 radical (unpaired) electrons. The Morgan fingerprint density at radius 1 is 1.80 bits per heavy atom. The Hall–Kier alpha value is -0.650. The summed E-state index contributed by atoms with van der Waals surface area (Å²) in [7, 11) is 0. The van der Waals surface area contributed by atoms with Crippen LogP contribution in [0.1, 0.15) is 13.3 Å². The van der Waals surface area contributed by atoms with Gasteiger partial charge in [0, 0.05) is 6.04 Å². The van der Waals surface area contributed by atoms with Gasteiger partial charge in [-0.1, -0.05) is 0 Å². The second-order valence-electron chi connectivity index (χ2n) is 2.20. The molecule has 0 aromatic heterocycles. The molecule has 5 heteroatoms. The van der Waals surface area contributed by atoms with Crippen molar-refractivity contribution in [2.24, 2.45) is 5.73 Å². The Balaban J connectivity index is 3.61. The highest BCUT2D eigenvalue weighted by atomic mass is 16.5. The summed E-state index contributed by atoms with van der Waals surface area (Å²) < 4.78 is 0. The molecule has 0 rings (SSSR count). The minimum atomic E-state index is -1.22. The first-order chi connectivity index (χ1) is 4.57. The van der Waals surface area contributed by atoms with Crippen LogP contribution in [0, 0.1) is 0 Å². The summed E-state index contributed by atoms with van der Waals surface area (Å²) in [5.41, 5.74) is 6.59. The van der Waals surface area contributed by atoms with Gasteiger partial charge >= 0.3 is 0 Å². The van der Waals surface area contributed by atoms with Crippen molar-refractivity contribution in [3.63, 3.8) is 0 Å². The number of hydroxylamine groups is 1. The molecule has 1 amide bonds. The van der Waals surface area contributed by atoms with Crippen LogP contribution in [-0.4, -0.2) is 28.4 Å². The van der Waals surface area contributed by atoms with Gasteiger partial charge in [0.05, 0.1) is 0 Å². The number of nitrogens with two attached hydrogens (primary N) is 1. The second-order valence-corrected chi connectivity index (χ2v) is 2.20. The third kappa shape index (κ3) is 3.39. The van der Waals surface area contributed by atoms with Crippen LogP contribution in [0.4, 0.5) is 0 Å². The molecule has 5 N–H and O–H groups in total. The summed E-state index contributed by atoms with van der Waals surface area (Å²) in [4.78, 5) is 10.4. The lowest BCUT2D eigenvalue weighted by atomic mass is 10.1. The SMILES string of the molecule is C[C@H](N)C[C@@H](O)C(=O)NO. The summed E-state index contributed by atoms with van der Waals surface area (Å²) in [5.74, 6) is -0.822. The molecule has 10 heavy (non-hydrogen) atoms. The first-order valence-corrected chi connectivity index (χ1v) is 2.95. The summed E-state index contributed by atoms with van der Waals surface area (Å²) in [6.07, 6.45) is -1.07. The Kier molecular flexibility index (Phi) is 3.94. The third-order valence-corrected chi connectivity index (χ3v) is 1.01. The van der Waals surface area contributed by atoms with Gasteiger partial charge in [-0.15, -0.1) is 0 Å². The van der Waals surface area contributed by atoms with Gasteiger partial charge in [0.15, 0.2) is 0 Å². The molecule has 60 valence electrons. The number of nitrogens with one attached hydrogen (secondary N) is 1. The molecule has 5 nitrogen and oxygen atoms in total. The minimum absolute atomic E-state index is 0.145. The van der Waals surface area contributed by atoms with Crippen LogP contribution in [-0.2, 0) is 4.79 Å². The predicted molar refractivity (Wildman–Crippen MR) is 34.2 cm³/mol. The number of amides is 1. The van der Waals surface area contributed by atoms with Crippen molar-refractivity contribution >= 4 is 5.91 Å². The zero-order valence-corrected chi connectivity index (χ0v) is 5.74. The molecule has 0 saturated carbocycles. The van der Waals surface area contributed by atoms with E-state index in [0.717, 1.165) is 0 Å². The van der Waals surface area contributed by atoms with Gasteiger partial charge in [-0.3, -0.25) is 10.0 Å². The first kappa shape index (κ1) is 9.35. The highest BCUT2D eigenvalue weighted by Gasteiger charge is 2.14. The van der Waals surface area contributed by atoms with Crippen molar-refractivity contribution in [2.45, 2.75) is 25.5 Å². The zero-order valence-electron chi connectivity index (χ0n) is 5.74. The summed E-state index contributed by atoms with van der Waals surface area (Å²) in [5, 5.41) is 16.9. The van der Waals surface area contributed by atoms with Gasteiger partial charge in [0.2, 0.25) is 0 Å². The standard InChI is InChI=1S/C5H12N2O3/c1-3(6)2-4(8)5(9)7-10/h3-4,8,10H,2,6H2,1H3,(H,7,9)/t3-,4+/m0/s1. The van der Waals surface area contributed by atoms with E-state index in [4.69, 9.17) is 16.0 Å². The van der Waals surface area contributed by atoms with Crippen molar-refractivity contribution in [3.05, 3.63) is 0 Å². The number of hydrogen-bond acceptors (Lipinski definition) is 4. The topological polar surface area (TPSA) is 95.6 Å². The molecule has 0 aliphatic heterocycles. The normalized spacial score (nSPS) is 16.0. The van der Waals surface area contributed by atoms with E-state index in [9.17, 15) is 4.79 Å². The van der Waals surface area contributed by atoms with E-state index >= 15 is 0 Å². The zero-order chi connectivity index (χ0) is 8.15. The maximum absolute atomic E-state index is 10.4. The van der Waals surface area contributed by atoms with Crippen molar-refractivity contribution in [1.29, 1.82) is 0 Å². The number of carbonyl (C=O) groups is 1. The van der Waals surface area contributed by atoms with Crippen molar-refractivity contribution in [2.75, 3.05) is 0 Å². The van der Waals surface area contributed by atoms with Crippen LogP contribution in [0.15, 0.2) is 0 Å². The van der Waals surface area contributed by atoms with Crippen molar-refractivity contribution < 1.29 is 15.1 Å². The smallest absolute Gasteiger partial charge is 0.272 e. The number of aliphatic hydroxyl groups excluding tert-OH is 1. The Bertz CT molecular complexity index is 115. The maximum Gasteiger partial charge on any atom is 0.272 e. The first-order valence-electron chi connectivity index (χ1n) is 2.95. The van der Waals surface area contributed by atoms with Gasteiger partial charge in [-0.2, -0.15) is 0 Å². The van der Waals surface area contributed by atoms with Gasteiger partial charge in [0.1, 0.15) is 6.10 Å². The average Bonchev–Trinajstić information content (AvgIpc) is 1.85. The molecule has 0 unspecified atom stereocenters. The largest absolute Gasteiger partial charge is 0.383 e. The lowest BCUT2D eigenvalue weighted by Crippen LogP contribution is -2.36. The van der Waals surface area contributed by atoms with E-state index < -0.39 is 12.0 Å². The number of carbonyl (C=O) groups excluding carboxylic acids is 1. The fraction of sp³-hybridized carbons (Fsp3) is 0.800. The van der Waals surface area contributed by atoms with E-state index in [2.05, 4.69) is 0 Å². The fourth-order valence-electron chi connectivity index (χ4n) is 0.534. The fourth-order valence-corrected chi connectivity index (χ4v) is 0.534. The molecule has 0 spiro atoms. The third-order valence-electron chi connectivity index (χ3n) is 1.01. The van der Waals surface area contributed by atoms with E-state index in [1.807, 2.05) is 0 Å². The quantitative estimate of drug-likeness (QED) is 0.292. The second kappa shape index (κ2) is 4.21. The molecule has 0 saturated heterocycles. The molecule has 0 bridgehead atoms. The van der Waals surface area contributed by atoms with Crippen LogP contribution in [0.2, 0.25) is 0 Å². The molecule has 2 atom stereocenters. The Labute approximate surface area is 58.8 Å². The van der Waals surface area contributed by atoms with Crippen molar-refractivity contribution in [3.8, 4) is 0 Å². The van der Waals surface area contributed by atoms with Crippen molar-refractivity contribution in [1.82, 2.24) is 5.48 Å². The Morgan fingerprint density at radius 3 is 2.60 bits per heavy atom. The van der Waals surface area contributed by atoms with E-state index in [1.165, 1.54) is 5.48 Å². The van der Waals surface area contributed by atoms with Gasteiger partial charge in [0.25, 0.3) is 5.91 Å². The summed E-state index contributed by atoms with van der Waals surface area (Å²) in [6, 6.07) is -0.257. The Morgan fingerprint density at radius 2 is 2.30 bits per heavy atom. The molecule has 0 aliphatic rings. The van der Waals surface area contributed by atoms with Crippen LogP contribution < -0.4 is 11.2 Å². The molecule has 0 aromatic rings. The molecular weight excluding hydrogens is 136 g/mol. The van der Waals surface area contributed by atoms with Gasteiger partial charge in [-0.25, -0.2) is 5.48 Å². The monoisotopic (exact) mass is 148 g/mol. The van der Waals surface area contributed by atoms with Gasteiger partial charge < -0.3 is 10.8 Å². The highest BCUT2D eigenvalue weighted by Crippen LogP contribution is 1.93. The number of rotatable bonds is 3. The number of aliphatic hydroxyl groups is 1. The molecular formula is C5H12N2O3. The summed E-state index contributed by atoms with van der Waals surface area (Å²) >= 11 is 0. The molecule has 0 aromatic carbocycles. The molecule has 0 aliphatic carbocycles. The van der Waals surface area contributed by atoms with Crippen LogP contribution in [0.3, 0.4) is 0 Å². The van der Waals surface area contributed by atoms with Crippen LogP contribution >= 0.6 is 0 Å². The minimum Gasteiger partial charge on any atom is -0.383 e. The van der Waals surface area contributed by atoms with E-state index in [1.54, 1.807) is 6.92 Å². The van der Waals surface area contributed by atoms with E-state index in [-0.39, 0.29) is 12.5 Å². The highest BCUT2D eigenvalue weighted by molar-refractivity contribution is 5.79. The molecule has 0 fully saturated rings. The lowest BCUT2D eigenvalue weighted by molar-refractivity contribution is -0.138. The number of hydrogen-bond donors (Lipinski definition) is 4. The van der Waals surface area contributed by atoms with Crippen LogP contribution in [0.25, 0.3) is 0 Å². The van der Waals surface area contributed by atoms with Gasteiger partial charge in [-0.05, 0) is 13.3 Å². The van der Waals surface area contributed by atoms with Crippen LogP contribution in [0.5, 0.6) is 0 Å². The molecule has 0 heterocycles. The summed E-state index contributed by atoms with van der Waals surface area (Å²) in [6.45, 7) is 1.66. The predicted octanol–water partition coefficient (Wildman–Crippen LogP) is -1.41. The lowest BCUT2D eigenvalue weighted by Gasteiger charge is -2.09. The maximum atomic E-state index is 10.4. The average molecular weight is 148 g/mol.